The highest BCUT2D eigenvalue weighted by molar-refractivity contribution is 7.87. The first-order chi connectivity index (χ1) is 11.4. The minimum Gasteiger partial charge on any atom is -0.298 e. The van der Waals surface area contributed by atoms with Gasteiger partial charge in [-0.05, 0) is 30.0 Å². The van der Waals surface area contributed by atoms with Gasteiger partial charge in [-0.25, -0.2) is 0 Å². The molecule has 2 rings (SSSR count). The number of thiophene rings is 1. The Kier molecular flexibility index (Phi) is 10.5. The number of carbonyl (C=O) groups excluding carboxylic acids is 1. The van der Waals surface area contributed by atoms with Crippen molar-refractivity contribution in [3.8, 4) is 0 Å². The zero-order chi connectivity index (χ0) is 17.8. The minimum atomic E-state index is -3.69. The first-order valence-electron chi connectivity index (χ1n) is 8.85. The third-order valence-corrected chi connectivity index (χ3v) is 5.95. The summed E-state index contributed by atoms with van der Waals surface area (Å²) in [5, 5.41) is 4.08. The van der Waals surface area contributed by atoms with Crippen LogP contribution in [0.4, 0.5) is 0 Å². The van der Waals surface area contributed by atoms with E-state index in [9.17, 15) is 13.2 Å². The fourth-order valence-electron chi connectivity index (χ4n) is 2.63. The normalized spacial score (nSPS) is 16.4. The zero-order valence-corrected chi connectivity index (χ0v) is 16.4. The summed E-state index contributed by atoms with van der Waals surface area (Å²) in [6.45, 7) is 3.91. The van der Waals surface area contributed by atoms with E-state index in [4.69, 9.17) is 4.18 Å². The molecule has 1 fully saturated rings. The van der Waals surface area contributed by atoms with Gasteiger partial charge < -0.3 is 0 Å². The Morgan fingerprint density at radius 3 is 2.33 bits per heavy atom. The van der Waals surface area contributed by atoms with E-state index >= 15 is 0 Å². The van der Waals surface area contributed by atoms with Crippen molar-refractivity contribution in [1.29, 1.82) is 0 Å². The van der Waals surface area contributed by atoms with Crippen molar-refractivity contribution in [1.82, 2.24) is 0 Å². The molecule has 1 unspecified atom stereocenters. The molecule has 0 N–H and O–H groups in total. The quantitative estimate of drug-likeness (QED) is 0.460. The van der Waals surface area contributed by atoms with Crippen LogP contribution in [0.25, 0.3) is 0 Å². The fraction of sp³-hybridized carbons (Fsp3) is 0.722. The van der Waals surface area contributed by atoms with Crippen molar-refractivity contribution in [2.75, 3.05) is 5.75 Å². The highest BCUT2D eigenvalue weighted by Gasteiger charge is 2.26. The van der Waals surface area contributed by atoms with E-state index in [1.54, 1.807) is 11.3 Å². The van der Waals surface area contributed by atoms with Crippen LogP contribution in [0, 0.1) is 5.92 Å². The van der Waals surface area contributed by atoms with Crippen LogP contribution in [0.5, 0.6) is 0 Å². The Bertz CT molecular complexity index is 514. The summed E-state index contributed by atoms with van der Waals surface area (Å²) in [6.07, 6.45) is 7.35. The summed E-state index contributed by atoms with van der Waals surface area (Å²) < 4.78 is 28.7. The number of carbonyl (C=O) groups is 1. The lowest BCUT2D eigenvalue weighted by Crippen LogP contribution is -2.26. The molecular weight excluding hydrogens is 344 g/mol. The van der Waals surface area contributed by atoms with E-state index in [0.717, 1.165) is 51.4 Å². The van der Waals surface area contributed by atoms with Crippen LogP contribution in [0.3, 0.4) is 0 Å². The van der Waals surface area contributed by atoms with Gasteiger partial charge in [-0.15, -0.1) is 0 Å². The lowest BCUT2D eigenvalue weighted by atomic mass is 10.00. The van der Waals surface area contributed by atoms with Gasteiger partial charge in [-0.3, -0.25) is 8.98 Å². The van der Waals surface area contributed by atoms with Crippen LogP contribution < -0.4 is 0 Å². The average molecular weight is 375 g/mol. The van der Waals surface area contributed by atoms with Crippen molar-refractivity contribution in [3.63, 3.8) is 0 Å². The van der Waals surface area contributed by atoms with Gasteiger partial charge in [-0.1, -0.05) is 58.1 Å². The first-order valence-corrected chi connectivity index (χ1v) is 11.4. The minimum absolute atomic E-state index is 0.187. The van der Waals surface area contributed by atoms with Crippen molar-refractivity contribution in [3.05, 3.63) is 22.9 Å². The third kappa shape index (κ3) is 9.55. The van der Waals surface area contributed by atoms with Crippen LogP contribution in [0.15, 0.2) is 22.9 Å². The second-order valence-corrected chi connectivity index (χ2v) is 8.77. The Balaban J connectivity index is 0.000000488. The molecular formula is C18H30O4S2. The van der Waals surface area contributed by atoms with E-state index in [0.29, 0.717) is 0 Å². The molecule has 1 saturated carbocycles. The molecule has 0 saturated heterocycles. The highest BCUT2D eigenvalue weighted by atomic mass is 32.2. The van der Waals surface area contributed by atoms with Crippen molar-refractivity contribution in [2.24, 2.45) is 5.92 Å². The topological polar surface area (TPSA) is 60.4 Å². The highest BCUT2D eigenvalue weighted by Crippen LogP contribution is 2.23. The van der Waals surface area contributed by atoms with Gasteiger partial charge in [0.05, 0.1) is 6.10 Å². The molecule has 0 aromatic carbocycles. The molecule has 1 aromatic heterocycles. The predicted molar refractivity (Wildman–Crippen MR) is 99.8 cm³/mol. The smallest absolute Gasteiger partial charge is 0.274 e. The van der Waals surface area contributed by atoms with E-state index in [1.807, 2.05) is 29.8 Å². The van der Waals surface area contributed by atoms with Crippen LogP contribution >= 0.6 is 11.3 Å². The number of ketones is 1. The van der Waals surface area contributed by atoms with Gasteiger partial charge in [0.2, 0.25) is 0 Å². The molecule has 0 amide bonds. The van der Waals surface area contributed by atoms with Gasteiger partial charge in [0.15, 0.2) is 5.78 Å². The molecule has 0 aliphatic heterocycles. The Morgan fingerprint density at radius 2 is 1.83 bits per heavy atom. The number of unbranched alkanes of at least 4 members (excludes halogenated alkanes) is 2. The average Bonchev–Trinajstić information content (AvgIpc) is 3.22. The van der Waals surface area contributed by atoms with Crippen LogP contribution in [-0.4, -0.2) is 26.1 Å². The molecule has 0 bridgehead atoms. The molecule has 1 heterocycles. The van der Waals surface area contributed by atoms with Crippen LogP contribution in [0.2, 0.25) is 0 Å². The molecule has 138 valence electrons. The van der Waals surface area contributed by atoms with Gasteiger partial charge in [0.25, 0.3) is 10.1 Å². The molecule has 1 atom stereocenters. The summed E-state index contributed by atoms with van der Waals surface area (Å²) in [6, 6.07) is 4.04. The van der Waals surface area contributed by atoms with E-state index in [-0.39, 0.29) is 17.8 Å². The number of Topliss-reactive ketones (excluding diaryl/α,β-unsaturated/α-hetero) is 1. The molecule has 1 aliphatic carbocycles. The summed E-state index contributed by atoms with van der Waals surface area (Å²) in [5.74, 6) is -0.862. The maximum atomic E-state index is 11.9. The molecule has 24 heavy (non-hydrogen) atoms. The number of hydrogen-bond acceptors (Lipinski definition) is 5. The van der Waals surface area contributed by atoms with Gasteiger partial charge in [0, 0.05) is 5.92 Å². The Morgan fingerprint density at radius 1 is 1.21 bits per heavy atom. The Hall–Kier alpha value is -0.720. The number of rotatable bonds is 9. The lowest BCUT2D eigenvalue weighted by Gasteiger charge is -2.13. The maximum Gasteiger partial charge on any atom is 0.274 e. The van der Waals surface area contributed by atoms with Crippen LogP contribution in [-0.2, 0) is 19.1 Å². The predicted octanol–water partition coefficient (Wildman–Crippen LogP) is 4.81. The monoisotopic (exact) mass is 374 g/mol. The summed E-state index contributed by atoms with van der Waals surface area (Å²) in [7, 11) is -3.69. The SMILES string of the molecule is CCCCCC(C)C(=O)CS(=O)(=O)OC1CCCC1.c1ccsc1. The van der Waals surface area contributed by atoms with Crippen molar-refractivity contribution in [2.45, 2.75) is 71.3 Å². The standard InChI is InChI=1S/C14H26O4S.C4H4S/c1-3-4-5-8-12(2)14(15)11-19(16,17)18-13-9-6-7-10-13;1-2-4-5-3-1/h12-13H,3-11H2,1-2H3;1-4H. The molecule has 1 aromatic rings. The third-order valence-electron chi connectivity index (χ3n) is 4.12. The zero-order valence-electron chi connectivity index (χ0n) is 14.8. The van der Waals surface area contributed by atoms with Gasteiger partial charge >= 0.3 is 0 Å². The molecule has 0 spiro atoms. The maximum absolute atomic E-state index is 11.9. The molecule has 6 heteroatoms. The largest absolute Gasteiger partial charge is 0.298 e. The molecule has 0 radical (unpaired) electrons. The first kappa shape index (κ1) is 21.3. The Labute approximate surface area is 150 Å². The van der Waals surface area contributed by atoms with Gasteiger partial charge in [-0.2, -0.15) is 19.8 Å². The van der Waals surface area contributed by atoms with Crippen molar-refractivity contribution < 1.29 is 17.4 Å². The van der Waals surface area contributed by atoms with Gasteiger partial charge in [0.1, 0.15) is 5.75 Å². The molecule has 4 nitrogen and oxygen atoms in total. The van der Waals surface area contributed by atoms with E-state index in [1.165, 1.54) is 0 Å². The summed E-state index contributed by atoms with van der Waals surface area (Å²) in [5.41, 5.74) is 0. The summed E-state index contributed by atoms with van der Waals surface area (Å²) >= 11 is 1.71. The van der Waals surface area contributed by atoms with Crippen molar-refractivity contribution >= 4 is 27.2 Å². The number of hydrogen-bond donors (Lipinski definition) is 0. The second-order valence-electron chi connectivity index (χ2n) is 6.36. The fourth-order valence-corrected chi connectivity index (χ4v) is 4.39. The molecule has 1 aliphatic rings. The van der Waals surface area contributed by atoms with E-state index in [2.05, 4.69) is 6.92 Å². The van der Waals surface area contributed by atoms with Crippen LogP contribution in [0.1, 0.15) is 65.2 Å². The van der Waals surface area contributed by atoms with E-state index < -0.39 is 15.9 Å². The lowest BCUT2D eigenvalue weighted by molar-refractivity contribution is -0.120. The second kappa shape index (κ2) is 11.8. The summed E-state index contributed by atoms with van der Waals surface area (Å²) in [4.78, 5) is 11.9.